The lowest BCUT2D eigenvalue weighted by atomic mass is 10.0. The van der Waals surface area contributed by atoms with Crippen molar-refractivity contribution in [3.8, 4) is 0 Å². The van der Waals surface area contributed by atoms with Crippen molar-refractivity contribution in [3.63, 3.8) is 0 Å². The molecule has 1 aromatic rings. The van der Waals surface area contributed by atoms with Gasteiger partial charge in [-0.05, 0) is 26.3 Å². The van der Waals surface area contributed by atoms with Crippen molar-refractivity contribution in [2.45, 2.75) is 52.2 Å². The van der Waals surface area contributed by atoms with Crippen LogP contribution < -0.4 is 5.32 Å². The summed E-state index contributed by atoms with van der Waals surface area (Å²) in [6.45, 7) is 6.92. The van der Waals surface area contributed by atoms with Crippen LogP contribution >= 0.6 is 0 Å². The minimum absolute atomic E-state index is 0.0532. The molecule has 1 aromatic carbocycles. The van der Waals surface area contributed by atoms with Crippen molar-refractivity contribution < 1.29 is 23.9 Å². The molecule has 2 atom stereocenters. The van der Waals surface area contributed by atoms with Crippen molar-refractivity contribution in [3.05, 3.63) is 35.9 Å². The van der Waals surface area contributed by atoms with Gasteiger partial charge in [-0.3, -0.25) is 9.59 Å². The summed E-state index contributed by atoms with van der Waals surface area (Å²) in [4.78, 5) is 36.1. The van der Waals surface area contributed by atoms with Crippen LogP contribution in [0.4, 0.5) is 0 Å². The Morgan fingerprint density at radius 3 is 2.24 bits per heavy atom. The summed E-state index contributed by atoms with van der Waals surface area (Å²) < 4.78 is 9.98. The molecule has 0 radical (unpaired) electrons. The number of rotatable bonds is 7. The van der Waals surface area contributed by atoms with Gasteiger partial charge in [-0.1, -0.05) is 37.3 Å². The molecule has 1 N–H and O–H groups in total. The number of amides is 1. The van der Waals surface area contributed by atoms with Gasteiger partial charge in [0.25, 0.3) is 0 Å². The Morgan fingerprint density at radius 2 is 1.72 bits per heavy atom. The maximum absolute atomic E-state index is 12.3. The molecule has 0 aliphatic heterocycles. The van der Waals surface area contributed by atoms with Crippen LogP contribution in [0.15, 0.2) is 30.3 Å². The summed E-state index contributed by atoms with van der Waals surface area (Å²) in [5, 5.41) is 2.66. The lowest BCUT2D eigenvalue weighted by molar-refractivity contribution is -0.157. The van der Waals surface area contributed by atoms with E-state index in [-0.39, 0.29) is 6.42 Å². The summed E-state index contributed by atoms with van der Waals surface area (Å²) in [5.74, 6) is -1.98. The summed E-state index contributed by atoms with van der Waals surface area (Å²) in [6.07, 6.45) is 0.265. The van der Waals surface area contributed by atoms with Crippen molar-refractivity contribution in [1.29, 1.82) is 0 Å². The highest BCUT2D eigenvalue weighted by Crippen LogP contribution is 2.13. The smallest absolute Gasteiger partial charge is 0.328 e. The third-order valence-electron chi connectivity index (χ3n) is 3.43. The second-order valence-electron chi connectivity index (χ2n) is 6.97. The normalized spacial score (nSPS) is 13.5. The topological polar surface area (TPSA) is 81.7 Å². The molecule has 0 fully saturated rings. The first-order chi connectivity index (χ1) is 11.6. The van der Waals surface area contributed by atoms with E-state index in [4.69, 9.17) is 9.47 Å². The van der Waals surface area contributed by atoms with Gasteiger partial charge < -0.3 is 14.8 Å². The van der Waals surface area contributed by atoms with E-state index < -0.39 is 35.4 Å². The van der Waals surface area contributed by atoms with Crippen LogP contribution in [0.3, 0.4) is 0 Å². The largest absolute Gasteiger partial charge is 0.467 e. The number of hydrogen-bond acceptors (Lipinski definition) is 5. The first-order valence-corrected chi connectivity index (χ1v) is 8.26. The SMILES string of the molecule is COC(=O)C(Cc1ccccc1)NC(=O)[C@H](C)CC(=O)OC(C)(C)C. The highest BCUT2D eigenvalue weighted by molar-refractivity contribution is 5.88. The second kappa shape index (κ2) is 9.20. The van der Waals surface area contributed by atoms with Gasteiger partial charge in [0.2, 0.25) is 5.91 Å². The number of nitrogens with one attached hydrogen (secondary N) is 1. The van der Waals surface area contributed by atoms with E-state index in [0.29, 0.717) is 6.42 Å². The van der Waals surface area contributed by atoms with Gasteiger partial charge in [0.05, 0.1) is 13.5 Å². The van der Waals surface area contributed by atoms with Crippen LogP contribution in [0.1, 0.15) is 39.7 Å². The zero-order valence-corrected chi connectivity index (χ0v) is 15.5. The Morgan fingerprint density at radius 1 is 1.12 bits per heavy atom. The monoisotopic (exact) mass is 349 g/mol. The minimum Gasteiger partial charge on any atom is -0.467 e. The molecule has 0 saturated carbocycles. The maximum Gasteiger partial charge on any atom is 0.328 e. The quantitative estimate of drug-likeness (QED) is 0.764. The molecule has 0 bridgehead atoms. The Bertz CT molecular complexity index is 592. The number of benzene rings is 1. The van der Waals surface area contributed by atoms with E-state index in [2.05, 4.69) is 5.32 Å². The van der Waals surface area contributed by atoms with Crippen LogP contribution in [0.2, 0.25) is 0 Å². The van der Waals surface area contributed by atoms with Gasteiger partial charge in [-0.15, -0.1) is 0 Å². The van der Waals surface area contributed by atoms with Gasteiger partial charge in [-0.2, -0.15) is 0 Å². The number of hydrogen-bond donors (Lipinski definition) is 1. The Labute approximate surface area is 148 Å². The number of esters is 2. The van der Waals surface area contributed by atoms with Crippen molar-refractivity contribution in [2.75, 3.05) is 7.11 Å². The first kappa shape index (κ1) is 20.7. The summed E-state index contributed by atoms with van der Waals surface area (Å²) in [6, 6.07) is 8.52. The van der Waals surface area contributed by atoms with E-state index in [1.165, 1.54) is 7.11 Å². The molecule has 6 nitrogen and oxygen atoms in total. The Balaban J connectivity index is 2.68. The average molecular weight is 349 g/mol. The molecule has 25 heavy (non-hydrogen) atoms. The molecule has 0 saturated heterocycles. The molecule has 0 aliphatic carbocycles. The molecular weight excluding hydrogens is 322 g/mol. The fourth-order valence-electron chi connectivity index (χ4n) is 2.23. The zero-order chi connectivity index (χ0) is 19.0. The molecule has 0 aliphatic rings. The van der Waals surface area contributed by atoms with Gasteiger partial charge >= 0.3 is 11.9 Å². The number of ether oxygens (including phenoxy) is 2. The average Bonchev–Trinajstić information content (AvgIpc) is 2.52. The number of methoxy groups -OCH3 is 1. The summed E-state index contributed by atoms with van der Waals surface area (Å²) in [7, 11) is 1.27. The van der Waals surface area contributed by atoms with Gasteiger partial charge in [0.15, 0.2) is 0 Å². The lowest BCUT2D eigenvalue weighted by Gasteiger charge is -2.22. The van der Waals surface area contributed by atoms with Gasteiger partial charge in [0.1, 0.15) is 11.6 Å². The highest BCUT2D eigenvalue weighted by Gasteiger charge is 2.27. The predicted molar refractivity (Wildman–Crippen MR) is 93.7 cm³/mol. The highest BCUT2D eigenvalue weighted by atomic mass is 16.6. The Hall–Kier alpha value is -2.37. The van der Waals surface area contributed by atoms with E-state index in [1.54, 1.807) is 27.7 Å². The van der Waals surface area contributed by atoms with Gasteiger partial charge in [-0.25, -0.2) is 4.79 Å². The fraction of sp³-hybridized carbons (Fsp3) is 0.526. The number of carbonyl (C=O) groups is 3. The van der Waals surface area contributed by atoms with Crippen LogP contribution in [-0.4, -0.2) is 36.6 Å². The molecule has 0 aromatic heterocycles. The lowest BCUT2D eigenvalue weighted by Crippen LogP contribution is -2.45. The standard InChI is InChI=1S/C19H27NO5/c1-13(11-16(21)25-19(2,3)4)17(22)20-15(18(23)24-5)12-14-9-7-6-8-10-14/h6-10,13,15H,11-12H2,1-5H3,(H,20,22)/t13-,15?/m1/s1. The molecule has 1 unspecified atom stereocenters. The van der Waals surface area contributed by atoms with Crippen LogP contribution in [0.5, 0.6) is 0 Å². The maximum atomic E-state index is 12.3. The van der Waals surface area contributed by atoms with E-state index >= 15 is 0 Å². The Kier molecular flexibility index (Phi) is 7.61. The fourth-order valence-corrected chi connectivity index (χ4v) is 2.23. The number of carbonyl (C=O) groups excluding carboxylic acids is 3. The molecule has 1 amide bonds. The van der Waals surface area contributed by atoms with Crippen molar-refractivity contribution in [2.24, 2.45) is 5.92 Å². The van der Waals surface area contributed by atoms with Crippen LogP contribution in [-0.2, 0) is 30.3 Å². The second-order valence-corrected chi connectivity index (χ2v) is 6.97. The molecule has 138 valence electrons. The molecule has 6 heteroatoms. The molecule has 0 heterocycles. The van der Waals surface area contributed by atoms with Gasteiger partial charge in [0, 0.05) is 12.3 Å². The third kappa shape index (κ3) is 7.83. The third-order valence-corrected chi connectivity index (χ3v) is 3.43. The zero-order valence-electron chi connectivity index (χ0n) is 15.5. The van der Waals surface area contributed by atoms with Crippen molar-refractivity contribution >= 4 is 17.8 Å². The summed E-state index contributed by atoms with van der Waals surface area (Å²) in [5.41, 5.74) is 0.299. The van der Waals surface area contributed by atoms with E-state index in [0.717, 1.165) is 5.56 Å². The van der Waals surface area contributed by atoms with Crippen LogP contribution in [0.25, 0.3) is 0 Å². The summed E-state index contributed by atoms with van der Waals surface area (Å²) >= 11 is 0. The predicted octanol–water partition coefficient (Wildman–Crippen LogP) is 2.25. The van der Waals surface area contributed by atoms with Crippen LogP contribution in [0, 0.1) is 5.92 Å². The molecular formula is C19H27NO5. The first-order valence-electron chi connectivity index (χ1n) is 8.26. The molecule has 1 rings (SSSR count). The van der Waals surface area contributed by atoms with E-state index in [1.807, 2.05) is 30.3 Å². The van der Waals surface area contributed by atoms with E-state index in [9.17, 15) is 14.4 Å². The molecule has 0 spiro atoms. The minimum atomic E-state index is -0.805. The van der Waals surface area contributed by atoms with Crippen molar-refractivity contribution in [1.82, 2.24) is 5.32 Å².